The maximum atomic E-state index is 13.1. The van der Waals surface area contributed by atoms with Gasteiger partial charge >= 0.3 is 12.1 Å². The number of cyclic esters (lactones) is 1. The van der Waals surface area contributed by atoms with Crippen molar-refractivity contribution in [3.05, 3.63) is 59.9 Å². The molecule has 3 aliphatic rings. The third kappa shape index (κ3) is 5.22. The van der Waals surface area contributed by atoms with E-state index in [-0.39, 0.29) is 41.7 Å². The quantitative estimate of drug-likeness (QED) is 0.433. The first-order valence-electron chi connectivity index (χ1n) is 13.5. The Balaban J connectivity index is 1.36. The predicted molar refractivity (Wildman–Crippen MR) is 137 cm³/mol. The highest BCUT2D eigenvalue weighted by Gasteiger charge is 2.54. The van der Waals surface area contributed by atoms with Crippen LogP contribution in [-0.4, -0.2) is 41.0 Å². The van der Waals surface area contributed by atoms with Gasteiger partial charge in [-0.2, -0.15) is 13.2 Å². The van der Waals surface area contributed by atoms with Crippen molar-refractivity contribution in [1.29, 1.82) is 0 Å². The van der Waals surface area contributed by atoms with Gasteiger partial charge in [0.05, 0.1) is 17.2 Å². The Hall–Kier alpha value is -3.16. The van der Waals surface area contributed by atoms with Crippen molar-refractivity contribution in [3.63, 3.8) is 0 Å². The minimum Gasteiger partial charge on any atom is -0.462 e. The smallest absolute Gasteiger partial charge is 0.416 e. The first kappa shape index (κ1) is 26.4. The van der Waals surface area contributed by atoms with E-state index in [2.05, 4.69) is 11.1 Å². The second kappa shape index (κ2) is 10.5. The van der Waals surface area contributed by atoms with Crippen molar-refractivity contribution in [2.24, 2.45) is 29.6 Å². The van der Waals surface area contributed by atoms with Gasteiger partial charge in [-0.25, -0.2) is 0 Å². The van der Waals surface area contributed by atoms with Crippen LogP contribution in [0.2, 0.25) is 0 Å². The molecule has 38 heavy (non-hydrogen) atoms. The SMILES string of the molecule is CCCC(=O)N1CCC2C(CC3C(=O)O[C@H](C)C3C2/C=C/c2ccc(-c3cccc(C(F)(F)F)c3)cn2)C1. The van der Waals surface area contributed by atoms with E-state index in [0.29, 0.717) is 35.7 Å². The standard InChI is InChI=1S/C30H33F3N2O3/c1-3-5-27(36)35-13-12-24-21(17-35)15-26-28(18(2)38-29(26)37)25(24)11-10-23-9-8-20(16-34-23)19-6-4-7-22(14-19)30(31,32)33/h4,6-11,14,16,18,21,24-26,28H,3,5,12-13,15,17H2,1-2H3/b11-10+/t18-,21?,24?,25?,26?,28?/m1/s1. The van der Waals surface area contributed by atoms with Crippen LogP contribution in [0.3, 0.4) is 0 Å². The van der Waals surface area contributed by atoms with E-state index in [1.54, 1.807) is 24.4 Å². The maximum Gasteiger partial charge on any atom is 0.416 e. The zero-order valence-corrected chi connectivity index (χ0v) is 21.7. The highest BCUT2D eigenvalue weighted by atomic mass is 19.4. The highest BCUT2D eigenvalue weighted by molar-refractivity contribution is 5.77. The summed E-state index contributed by atoms with van der Waals surface area (Å²) >= 11 is 0. The fourth-order valence-electron chi connectivity index (χ4n) is 6.71. The number of halogens is 3. The Kier molecular flexibility index (Phi) is 7.34. The molecular weight excluding hydrogens is 493 g/mol. The number of nitrogens with zero attached hydrogens (tertiary/aromatic N) is 2. The van der Waals surface area contributed by atoms with Gasteiger partial charge in [0.25, 0.3) is 0 Å². The summed E-state index contributed by atoms with van der Waals surface area (Å²) in [6.07, 6.45) is 4.13. The van der Waals surface area contributed by atoms with Crippen molar-refractivity contribution >= 4 is 18.0 Å². The van der Waals surface area contributed by atoms with Gasteiger partial charge < -0.3 is 9.64 Å². The van der Waals surface area contributed by atoms with E-state index >= 15 is 0 Å². The van der Waals surface area contributed by atoms with Crippen LogP contribution in [0.15, 0.2) is 48.7 Å². The van der Waals surface area contributed by atoms with Crippen LogP contribution >= 0.6 is 0 Å². The fourth-order valence-corrected chi connectivity index (χ4v) is 6.71. The molecule has 1 aromatic carbocycles. The molecule has 1 amide bonds. The lowest BCUT2D eigenvalue weighted by Crippen LogP contribution is -2.51. The molecule has 0 radical (unpaired) electrons. The molecule has 2 aliphatic heterocycles. The topological polar surface area (TPSA) is 59.5 Å². The number of ether oxygens (including phenoxy) is 1. The third-order valence-electron chi connectivity index (χ3n) is 8.52. The van der Waals surface area contributed by atoms with Crippen LogP contribution in [0.4, 0.5) is 13.2 Å². The number of piperidine rings is 1. The fraction of sp³-hybridized carbons (Fsp3) is 0.500. The summed E-state index contributed by atoms with van der Waals surface area (Å²) in [4.78, 5) is 31.7. The molecule has 1 aromatic heterocycles. The number of esters is 1. The summed E-state index contributed by atoms with van der Waals surface area (Å²) in [6, 6.07) is 8.80. The molecule has 8 heteroatoms. The van der Waals surface area contributed by atoms with Crippen molar-refractivity contribution in [3.8, 4) is 11.1 Å². The molecule has 5 nitrogen and oxygen atoms in total. The number of carbonyl (C=O) groups is 2. The van der Waals surface area contributed by atoms with Gasteiger partial charge in [0.2, 0.25) is 5.91 Å². The molecule has 3 heterocycles. The van der Waals surface area contributed by atoms with E-state index in [4.69, 9.17) is 4.74 Å². The van der Waals surface area contributed by atoms with Crippen LogP contribution in [0.5, 0.6) is 0 Å². The Morgan fingerprint density at radius 1 is 1.21 bits per heavy atom. The molecule has 0 bridgehead atoms. The zero-order chi connectivity index (χ0) is 27.0. The van der Waals surface area contributed by atoms with Crippen molar-refractivity contribution in [1.82, 2.24) is 9.88 Å². The normalized spacial score (nSPS) is 29.2. The summed E-state index contributed by atoms with van der Waals surface area (Å²) in [5, 5.41) is 0. The highest BCUT2D eigenvalue weighted by Crippen LogP contribution is 2.51. The molecule has 1 saturated carbocycles. The van der Waals surface area contributed by atoms with Crippen molar-refractivity contribution in [2.75, 3.05) is 13.1 Å². The number of pyridine rings is 1. The number of fused-ring (bicyclic) bond motifs is 2. The van der Waals surface area contributed by atoms with Crippen LogP contribution in [-0.2, 0) is 20.5 Å². The Labute approximate surface area is 221 Å². The lowest BCUT2D eigenvalue weighted by Gasteiger charge is -2.48. The molecule has 0 N–H and O–H groups in total. The summed E-state index contributed by atoms with van der Waals surface area (Å²) in [6.45, 7) is 5.38. The predicted octanol–water partition coefficient (Wildman–Crippen LogP) is 6.24. The molecule has 1 aliphatic carbocycles. The molecule has 2 saturated heterocycles. The number of hydrogen-bond donors (Lipinski definition) is 0. The number of allylic oxidation sites excluding steroid dienone is 1. The van der Waals surface area contributed by atoms with E-state index in [1.165, 1.54) is 6.07 Å². The second-order valence-electron chi connectivity index (χ2n) is 10.9. The van der Waals surface area contributed by atoms with E-state index in [1.807, 2.05) is 24.8 Å². The summed E-state index contributed by atoms with van der Waals surface area (Å²) in [7, 11) is 0. The monoisotopic (exact) mass is 526 g/mol. The second-order valence-corrected chi connectivity index (χ2v) is 10.9. The van der Waals surface area contributed by atoms with Gasteiger partial charge in [-0.3, -0.25) is 14.6 Å². The molecule has 2 aromatic rings. The van der Waals surface area contributed by atoms with Crippen molar-refractivity contribution in [2.45, 2.75) is 51.8 Å². The molecule has 3 fully saturated rings. The number of alkyl halides is 3. The van der Waals surface area contributed by atoms with Gasteiger partial charge in [0.15, 0.2) is 0 Å². The summed E-state index contributed by atoms with van der Waals surface area (Å²) in [5.74, 6) is 0.677. The van der Waals surface area contributed by atoms with Crippen LogP contribution < -0.4 is 0 Å². The van der Waals surface area contributed by atoms with Gasteiger partial charge in [0.1, 0.15) is 6.10 Å². The number of hydrogen-bond acceptors (Lipinski definition) is 4. The molecule has 5 rings (SSSR count). The van der Waals surface area contributed by atoms with Gasteiger partial charge in [-0.05, 0) is 73.8 Å². The average Bonchev–Trinajstić information content (AvgIpc) is 3.19. The molecule has 202 valence electrons. The third-order valence-corrected chi connectivity index (χ3v) is 8.52. The van der Waals surface area contributed by atoms with Crippen molar-refractivity contribution < 1.29 is 27.5 Å². The molecule has 6 atom stereocenters. The molecule has 5 unspecified atom stereocenters. The number of amides is 1. The number of rotatable bonds is 5. The first-order chi connectivity index (χ1) is 18.2. The molecule has 0 spiro atoms. The van der Waals surface area contributed by atoms with Gasteiger partial charge in [-0.15, -0.1) is 0 Å². The lowest BCUT2D eigenvalue weighted by atomic mass is 9.59. The van der Waals surface area contributed by atoms with Gasteiger partial charge in [0, 0.05) is 37.2 Å². The minimum absolute atomic E-state index is 0.0854. The maximum absolute atomic E-state index is 13.1. The Bertz CT molecular complexity index is 1210. The van der Waals surface area contributed by atoms with Crippen LogP contribution in [0, 0.1) is 29.6 Å². The summed E-state index contributed by atoms with van der Waals surface area (Å²) in [5.41, 5.74) is 1.08. The van der Waals surface area contributed by atoms with E-state index < -0.39 is 11.7 Å². The number of aromatic nitrogens is 1. The average molecular weight is 527 g/mol. The van der Waals surface area contributed by atoms with E-state index in [0.717, 1.165) is 37.9 Å². The first-order valence-corrected chi connectivity index (χ1v) is 13.5. The minimum atomic E-state index is -4.40. The Morgan fingerprint density at radius 2 is 2.03 bits per heavy atom. The Morgan fingerprint density at radius 3 is 2.74 bits per heavy atom. The summed E-state index contributed by atoms with van der Waals surface area (Å²) < 4.78 is 45.0. The largest absolute Gasteiger partial charge is 0.462 e. The van der Waals surface area contributed by atoms with Crippen LogP contribution in [0.1, 0.15) is 50.8 Å². The number of benzene rings is 1. The number of carbonyl (C=O) groups excluding carboxylic acids is 2. The zero-order valence-electron chi connectivity index (χ0n) is 21.7. The molecular formula is C30H33F3N2O3. The number of likely N-dealkylation sites (tertiary alicyclic amines) is 1. The lowest BCUT2D eigenvalue weighted by molar-refractivity contribution is -0.144. The van der Waals surface area contributed by atoms with E-state index in [9.17, 15) is 22.8 Å². The van der Waals surface area contributed by atoms with Crippen LogP contribution in [0.25, 0.3) is 17.2 Å². The van der Waals surface area contributed by atoms with Gasteiger partial charge in [-0.1, -0.05) is 31.2 Å².